The highest BCUT2D eigenvalue weighted by molar-refractivity contribution is 5.89. The average Bonchev–Trinajstić information content (AvgIpc) is 2.13. The summed E-state index contributed by atoms with van der Waals surface area (Å²) in [6, 6.07) is -0.183. The Morgan fingerprint density at radius 3 is 2.24 bits per heavy atom. The van der Waals surface area contributed by atoms with E-state index in [0.29, 0.717) is 0 Å². The molecule has 0 fully saturated rings. The van der Waals surface area contributed by atoms with Crippen LogP contribution in [0.3, 0.4) is 0 Å². The van der Waals surface area contributed by atoms with Gasteiger partial charge in [-0.05, 0) is 6.07 Å². The van der Waals surface area contributed by atoms with Crippen LogP contribution in [-0.2, 0) is 6.18 Å². The van der Waals surface area contributed by atoms with Crippen LogP contribution >= 0.6 is 0 Å². The maximum absolute atomic E-state index is 12.9. The highest BCUT2D eigenvalue weighted by Gasteiger charge is 2.36. The monoisotopic (exact) mass is 259 g/mol. The third kappa shape index (κ3) is 2.66. The van der Waals surface area contributed by atoms with E-state index < -0.39 is 41.3 Å². The molecular formula is C8H3F6NO2. The third-order valence-electron chi connectivity index (χ3n) is 1.75. The largest absolute Gasteiger partial charge is 0.478 e. The maximum atomic E-state index is 12.9. The normalized spacial score (nSPS) is 11.9. The number of hydrogen-bond acceptors (Lipinski definition) is 2. The molecule has 0 bridgehead atoms. The fourth-order valence-electron chi connectivity index (χ4n) is 1.06. The van der Waals surface area contributed by atoms with E-state index in [1.807, 2.05) is 0 Å². The zero-order chi connectivity index (χ0) is 13.4. The van der Waals surface area contributed by atoms with Gasteiger partial charge in [-0.2, -0.15) is 17.6 Å². The molecule has 0 aromatic carbocycles. The summed E-state index contributed by atoms with van der Waals surface area (Å²) in [6.45, 7) is 0. The van der Waals surface area contributed by atoms with Gasteiger partial charge in [0.2, 0.25) is 5.95 Å². The number of alkyl halides is 5. The van der Waals surface area contributed by atoms with Gasteiger partial charge in [-0.1, -0.05) is 0 Å². The molecular weight excluding hydrogens is 256 g/mol. The second kappa shape index (κ2) is 4.22. The number of carboxylic acids is 1. The zero-order valence-corrected chi connectivity index (χ0v) is 7.73. The van der Waals surface area contributed by atoms with Crippen molar-refractivity contribution in [3.63, 3.8) is 0 Å². The average molecular weight is 259 g/mol. The van der Waals surface area contributed by atoms with Gasteiger partial charge in [-0.25, -0.2) is 18.6 Å². The number of rotatable bonds is 2. The molecule has 0 aliphatic rings. The zero-order valence-electron chi connectivity index (χ0n) is 7.73. The van der Waals surface area contributed by atoms with Gasteiger partial charge in [0, 0.05) is 5.56 Å². The summed E-state index contributed by atoms with van der Waals surface area (Å²) in [5.41, 5.74) is -5.03. The number of carbonyl (C=O) groups is 1. The number of nitrogens with zero attached hydrogens (tertiary/aromatic N) is 1. The molecule has 0 saturated carbocycles. The minimum atomic E-state index is -5.14. The standard InChI is InChI=1S/C8H3F6NO2/c9-5(10)2-1-3(8(12,13)14)15-6(11)4(2)7(16)17/h1,5H,(H,16,17). The molecule has 1 aromatic rings. The molecule has 0 spiro atoms. The van der Waals surface area contributed by atoms with E-state index in [4.69, 9.17) is 5.11 Å². The number of pyridine rings is 1. The van der Waals surface area contributed by atoms with E-state index in [9.17, 15) is 31.1 Å². The number of aromatic carboxylic acids is 1. The summed E-state index contributed by atoms with van der Waals surface area (Å²) < 4.78 is 73.9. The van der Waals surface area contributed by atoms with Crippen molar-refractivity contribution >= 4 is 5.97 Å². The fourth-order valence-corrected chi connectivity index (χ4v) is 1.06. The van der Waals surface area contributed by atoms with Crippen LogP contribution in [0.25, 0.3) is 0 Å². The lowest BCUT2D eigenvalue weighted by atomic mass is 10.1. The Bertz CT molecular complexity index is 456. The van der Waals surface area contributed by atoms with Crippen molar-refractivity contribution in [1.82, 2.24) is 4.98 Å². The Labute approximate surface area is 89.7 Å². The van der Waals surface area contributed by atoms with Gasteiger partial charge in [-0.3, -0.25) is 0 Å². The van der Waals surface area contributed by atoms with E-state index in [2.05, 4.69) is 4.98 Å². The van der Waals surface area contributed by atoms with E-state index in [0.717, 1.165) is 0 Å². The first kappa shape index (κ1) is 13.3. The van der Waals surface area contributed by atoms with Gasteiger partial charge >= 0.3 is 12.1 Å². The predicted molar refractivity (Wildman–Crippen MR) is 41.1 cm³/mol. The van der Waals surface area contributed by atoms with Crippen molar-refractivity contribution in [2.45, 2.75) is 12.6 Å². The maximum Gasteiger partial charge on any atom is 0.433 e. The SMILES string of the molecule is O=C(O)c1c(C(F)F)cc(C(F)(F)F)nc1F. The summed E-state index contributed by atoms with van der Waals surface area (Å²) >= 11 is 0. The van der Waals surface area contributed by atoms with Crippen molar-refractivity contribution in [2.24, 2.45) is 0 Å². The highest BCUT2D eigenvalue weighted by Crippen LogP contribution is 2.32. The Balaban J connectivity index is 3.52. The van der Waals surface area contributed by atoms with E-state index in [1.165, 1.54) is 0 Å². The van der Waals surface area contributed by atoms with Crippen LogP contribution in [0.1, 0.15) is 28.0 Å². The summed E-state index contributed by atoms with van der Waals surface area (Å²) in [6.07, 6.45) is -8.69. The van der Waals surface area contributed by atoms with Gasteiger partial charge in [-0.15, -0.1) is 0 Å². The Morgan fingerprint density at radius 2 is 1.88 bits per heavy atom. The third-order valence-corrected chi connectivity index (χ3v) is 1.75. The Morgan fingerprint density at radius 1 is 1.35 bits per heavy atom. The van der Waals surface area contributed by atoms with Gasteiger partial charge < -0.3 is 5.11 Å². The fraction of sp³-hybridized carbons (Fsp3) is 0.250. The second-order valence-electron chi connectivity index (χ2n) is 2.87. The molecule has 0 atom stereocenters. The van der Waals surface area contributed by atoms with Crippen molar-refractivity contribution < 1.29 is 36.2 Å². The van der Waals surface area contributed by atoms with E-state index >= 15 is 0 Å². The van der Waals surface area contributed by atoms with Crippen LogP contribution < -0.4 is 0 Å². The van der Waals surface area contributed by atoms with Crippen molar-refractivity contribution in [1.29, 1.82) is 0 Å². The molecule has 17 heavy (non-hydrogen) atoms. The van der Waals surface area contributed by atoms with Crippen LogP contribution in [0.2, 0.25) is 0 Å². The first-order chi connectivity index (χ1) is 7.64. The van der Waals surface area contributed by atoms with Crippen molar-refractivity contribution in [3.8, 4) is 0 Å². The summed E-state index contributed by atoms with van der Waals surface area (Å²) in [5.74, 6) is -4.21. The van der Waals surface area contributed by atoms with Gasteiger partial charge in [0.15, 0.2) is 0 Å². The topological polar surface area (TPSA) is 50.2 Å². The molecule has 0 radical (unpaired) electrons. The highest BCUT2D eigenvalue weighted by atomic mass is 19.4. The Kier molecular flexibility index (Phi) is 3.30. The molecule has 0 aliphatic heterocycles. The molecule has 9 heteroatoms. The second-order valence-corrected chi connectivity index (χ2v) is 2.87. The quantitative estimate of drug-likeness (QED) is 0.656. The lowest BCUT2D eigenvalue weighted by Gasteiger charge is -2.10. The van der Waals surface area contributed by atoms with Crippen LogP contribution in [-0.4, -0.2) is 16.1 Å². The molecule has 1 aromatic heterocycles. The van der Waals surface area contributed by atoms with E-state index in [-0.39, 0.29) is 6.07 Å². The summed E-state index contributed by atoms with van der Waals surface area (Å²) in [7, 11) is 0. The van der Waals surface area contributed by atoms with Crippen LogP contribution in [0.15, 0.2) is 6.07 Å². The first-order valence-electron chi connectivity index (χ1n) is 3.93. The van der Waals surface area contributed by atoms with Gasteiger partial charge in [0.25, 0.3) is 6.43 Å². The molecule has 0 aliphatic carbocycles. The van der Waals surface area contributed by atoms with E-state index in [1.54, 1.807) is 0 Å². The minimum Gasteiger partial charge on any atom is -0.478 e. The number of carboxylic acid groups (broad SMARTS) is 1. The number of aromatic nitrogens is 1. The lowest BCUT2D eigenvalue weighted by Crippen LogP contribution is -2.15. The molecule has 0 saturated heterocycles. The van der Waals surface area contributed by atoms with Crippen molar-refractivity contribution in [3.05, 3.63) is 28.8 Å². The minimum absolute atomic E-state index is 0.183. The summed E-state index contributed by atoms with van der Waals surface area (Å²) in [4.78, 5) is 12.7. The number of halogens is 6. The molecule has 0 unspecified atom stereocenters. The molecule has 0 amide bonds. The molecule has 1 rings (SSSR count). The van der Waals surface area contributed by atoms with Crippen LogP contribution in [0.4, 0.5) is 26.3 Å². The number of hydrogen-bond donors (Lipinski definition) is 1. The smallest absolute Gasteiger partial charge is 0.433 e. The summed E-state index contributed by atoms with van der Waals surface area (Å²) in [5, 5.41) is 8.39. The van der Waals surface area contributed by atoms with Crippen LogP contribution in [0.5, 0.6) is 0 Å². The van der Waals surface area contributed by atoms with Crippen LogP contribution in [0, 0.1) is 5.95 Å². The lowest BCUT2D eigenvalue weighted by molar-refractivity contribution is -0.141. The van der Waals surface area contributed by atoms with Gasteiger partial charge in [0.05, 0.1) is 0 Å². The molecule has 3 nitrogen and oxygen atoms in total. The molecule has 94 valence electrons. The molecule has 1 N–H and O–H groups in total. The van der Waals surface area contributed by atoms with Gasteiger partial charge in [0.1, 0.15) is 11.3 Å². The predicted octanol–water partition coefficient (Wildman–Crippen LogP) is 2.88. The first-order valence-corrected chi connectivity index (χ1v) is 3.93. The van der Waals surface area contributed by atoms with Crippen molar-refractivity contribution in [2.75, 3.05) is 0 Å². The Hall–Kier alpha value is -1.80. The molecule has 1 heterocycles.